The van der Waals surface area contributed by atoms with Gasteiger partial charge in [-0.1, -0.05) is 71.7 Å². The fourth-order valence-electron chi connectivity index (χ4n) is 9.62. The smallest absolute Gasteiger partial charge is 0.367 e. The van der Waals surface area contributed by atoms with Crippen LogP contribution in [0.4, 0.5) is 26.3 Å². The van der Waals surface area contributed by atoms with Crippen molar-refractivity contribution in [3.63, 3.8) is 0 Å². The highest BCUT2D eigenvalue weighted by Gasteiger charge is 2.50. The maximum atomic E-state index is 13.9. The zero-order valence-electron chi connectivity index (χ0n) is 36.7. The molecule has 2 fully saturated rings. The third-order valence-electron chi connectivity index (χ3n) is 13.4. The number of fused-ring (bicyclic) bond motifs is 2. The second-order valence-electron chi connectivity index (χ2n) is 17.3. The molecule has 0 radical (unpaired) electrons. The van der Waals surface area contributed by atoms with Crippen molar-refractivity contribution in [3.8, 4) is 0 Å². The lowest BCUT2D eigenvalue weighted by Gasteiger charge is -2.46. The number of hydrogen-bond donors (Lipinski definition) is 0. The predicted molar refractivity (Wildman–Crippen MR) is 239 cm³/mol. The number of likely N-dealkylation sites (tertiary alicyclic amines) is 1. The van der Waals surface area contributed by atoms with Crippen LogP contribution in [0.5, 0.6) is 0 Å². The number of halogens is 8. The van der Waals surface area contributed by atoms with E-state index in [0.717, 1.165) is 0 Å². The summed E-state index contributed by atoms with van der Waals surface area (Å²) in [6.07, 6.45) is -7.53. The number of carbonyl (C=O) groups excluding carboxylic acids is 3. The molecule has 0 unspecified atom stereocenters. The fraction of sp³-hybridized carbons (Fsp3) is 0.449. The van der Waals surface area contributed by atoms with Gasteiger partial charge in [0.05, 0.1) is 40.4 Å². The molecule has 2 heterocycles. The minimum absolute atomic E-state index is 0.00193. The van der Waals surface area contributed by atoms with E-state index < -0.39 is 40.6 Å². The molecule has 354 valence electrons. The highest BCUT2D eigenvalue weighted by molar-refractivity contribution is 6.42. The summed E-state index contributed by atoms with van der Waals surface area (Å²) in [5.41, 5.74) is -1.95. The van der Waals surface area contributed by atoms with Gasteiger partial charge in [-0.05, 0) is 111 Å². The molecule has 2 atom stereocenters. The summed E-state index contributed by atoms with van der Waals surface area (Å²) < 4.78 is 95.7. The molecule has 4 aromatic carbocycles. The average Bonchev–Trinajstić information content (AvgIpc) is 3.61. The maximum Gasteiger partial charge on any atom is 0.416 e. The first kappa shape index (κ1) is 49.2. The van der Waals surface area contributed by atoms with E-state index in [4.69, 9.17) is 32.7 Å². The van der Waals surface area contributed by atoms with Crippen molar-refractivity contribution in [2.24, 2.45) is 0 Å². The van der Waals surface area contributed by atoms with E-state index in [-0.39, 0.29) is 65.7 Å². The van der Waals surface area contributed by atoms with E-state index in [9.17, 15) is 40.7 Å². The first-order valence-electron chi connectivity index (χ1n) is 22.0. The molecule has 7 rings (SSSR count). The van der Waals surface area contributed by atoms with Gasteiger partial charge in [0.2, 0.25) is 5.91 Å². The molecule has 17 heteroatoms. The summed E-state index contributed by atoms with van der Waals surface area (Å²) in [4.78, 5) is 47.2. The molecule has 0 N–H and O–H groups in total. The second-order valence-corrected chi connectivity index (χ2v) is 18.1. The Hall–Kier alpha value is -4.67. The van der Waals surface area contributed by atoms with Crippen LogP contribution in [-0.4, -0.2) is 116 Å². The Morgan fingerprint density at radius 2 is 1.48 bits per heavy atom. The van der Waals surface area contributed by atoms with Crippen molar-refractivity contribution < 1.29 is 50.2 Å². The van der Waals surface area contributed by atoms with Gasteiger partial charge in [0.15, 0.2) is 0 Å². The molecule has 1 spiro atoms. The van der Waals surface area contributed by atoms with Crippen LogP contribution in [0, 0.1) is 0 Å². The third-order valence-corrected chi connectivity index (χ3v) is 14.1. The van der Waals surface area contributed by atoms with Gasteiger partial charge in [-0.15, -0.1) is 0 Å². The van der Waals surface area contributed by atoms with Gasteiger partial charge >= 0.3 is 12.4 Å². The molecule has 0 aromatic heterocycles. The maximum absolute atomic E-state index is 13.9. The number of rotatable bonds is 14. The Balaban J connectivity index is 1.02. The molecule has 0 saturated carbocycles. The zero-order valence-corrected chi connectivity index (χ0v) is 38.2. The van der Waals surface area contributed by atoms with Gasteiger partial charge in [-0.25, -0.2) is 0 Å². The average molecular weight is 962 g/mol. The normalized spacial score (nSPS) is 19.7. The molecule has 3 aliphatic rings. The lowest BCUT2D eigenvalue weighted by atomic mass is 9.72. The van der Waals surface area contributed by atoms with Crippen LogP contribution in [-0.2, 0) is 44.1 Å². The molecular formula is C49H52Cl2F6N4O5. The summed E-state index contributed by atoms with van der Waals surface area (Å²) in [5.74, 6) is -1.20. The Labute approximate surface area is 390 Å². The topological polar surface area (TPSA) is 82.6 Å². The summed E-state index contributed by atoms with van der Waals surface area (Å²) in [5, 5.41) is 0.476. The molecule has 9 nitrogen and oxygen atoms in total. The van der Waals surface area contributed by atoms with Gasteiger partial charge in [0, 0.05) is 56.3 Å². The van der Waals surface area contributed by atoms with Crippen molar-refractivity contribution >= 4 is 40.9 Å². The summed E-state index contributed by atoms with van der Waals surface area (Å²) in [7, 11) is 1.74. The van der Waals surface area contributed by atoms with Gasteiger partial charge in [-0.3, -0.25) is 14.4 Å². The molecule has 2 aliphatic heterocycles. The van der Waals surface area contributed by atoms with Crippen molar-refractivity contribution in [2.45, 2.75) is 68.5 Å². The Kier molecular flexibility index (Phi) is 15.1. The number of likely N-dealkylation sites (N-methyl/N-ethyl adjacent to an activating group) is 1. The van der Waals surface area contributed by atoms with Crippen LogP contribution in [0.3, 0.4) is 0 Å². The minimum atomic E-state index is -5.12. The van der Waals surface area contributed by atoms with Gasteiger partial charge in [0.1, 0.15) is 12.2 Å². The molecule has 1 aliphatic carbocycles. The number of hydrogen-bond acceptors (Lipinski definition) is 6. The summed E-state index contributed by atoms with van der Waals surface area (Å²) in [6, 6.07) is 23.1. The minimum Gasteiger partial charge on any atom is -0.367 e. The molecule has 4 aromatic rings. The fourth-order valence-corrected chi connectivity index (χ4v) is 9.92. The molecule has 3 amide bonds. The van der Waals surface area contributed by atoms with Crippen molar-refractivity contribution in [1.82, 2.24) is 19.6 Å². The molecule has 66 heavy (non-hydrogen) atoms. The number of carbonyl (C=O) groups is 3. The summed E-state index contributed by atoms with van der Waals surface area (Å²) >= 11 is 12.8. The van der Waals surface area contributed by atoms with Crippen molar-refractivity contribution in [1.29, 1.82) is 0 Å². The van der Waals surface area contributed by atoms with E-state index in [0.29, 0.717) is 94.6 Å². The van der Waals surface area contributed by atoms with E-state index >= 15 is 0 Å². The standard InChI is InChI=1S/C49H52Cl2F6N4O5/c1-3-60(44(63)33-10-5-4-6-11-33)20-9-19-58(2)43(62)31-65-42-28-34-12-7-8-13-39(34)46(42)16-21-59(22-17-46)23-18-47(36-14-15-40(50)41(51)30-36)32-61(24-25-66-47)45(64)35-26-37(48(52,53)54)29-38(27-35)49(55,56)57/h4-8,10-15,26-27,29-30,42H,3,9,16-25,28,31-32H2,1-2H3/t42-,47-/m0/s1. The lowest BCUT2D eigenvalue weighted by Crippen LogP contribution is -2.54. The third kappa shape index (κ3) is 10.9. The molecular weight excluding hydrogens is 909 g/mol. The Morgan fingerprint density at radius 3 is 2.14 bits per heavy atom. The zero-order chi connectivity index (χ0) is 47.4. The molecule has 0 bridgehead atoms. The highest BCUT2D eigenvalue weighted by atomic mass is 35.5. The van der Waals surface area contributed by atoms with E-state index in [1.54, 1.807) is 47.2 Å². The van der Waals surface area contributed by atoms with Crippen LogP contribution in [0.1, 0.15) is 81.1 Å². The van der Waals surface area contributed by atoms with Gasteiger partial charge in [-0.2, -0.15) is 26.3 Å². The van der Waals surface area contributed by atoms with Crippen LogP contribution in [0.15, 0.2) is 91.0 Å². The quantitative estimate of drug-likeness (QED) is 0.117. The first-order chi connectivity index (χ1) is 31.3. The van der Waals surface area contributed by atoms with Crippen LogP contribution < -0.4 is 0 Å². The first-order valence-corrected chi connectivity index (χ1v) is 22.8. The predicted octanol–water partition coefficient (Wildman–Crippen LogP) is 9.77. The van der Waals surface area contributed by atoms with Crippen LogP contribution in [0.25, 0.3) is 0 Å². The van der Waals surface area contributed by atoms with Gasteiger partial charge < -0.3 is 29.1 Å². The number of morpholine rings is 1. The number of alkyl halides is 6. The monoisotopic (exact) mass is 960 g/mol. The number of nitrogens with zero attached hydrogens (tertiary/aromatic N) is 4. The van der Waals surface area contributed by atoms with E-state index in [1.807, 2.05) is 37.3 Å². The number of amides is 3. The van der Waals surface area contributed by atoms with E-state index in [1.165, 1.54) is 16.0 Å². The van der Waals surface area contributed by atoms with Crippen molar-refractivity contribution in [2.75, 3.05) is 72.6 Å². The number of ether oxygens (including phenoxy) is 2. The number of benzene rings is 4. The number of piperidine rings is 1. The van der Waals surface area contributed by atoms with E-state index in [2.05, 4.69) is 17.0 Å². The second kappa shape index (κ2) is 20.3. The SMILES string of the molecule is CCN(CCCN(C)C(=O)CO[C@H]1Cc2ccccc2C12CCN(CC[C@@]1(c3ccc(Cl)c(Cl)c3)CN(C(=O)c3cc(C(F)(F)F)cc(C(F)(F)F)c3)CCO1)CC2)C(=O)c1ccccc1. The Morgan fingerprint density at radius 1 is 0.818 bits per heavy atom. The highest BCUT2D eigenvalue weighted by Crippen LogP contribution is 2.48. The largest absolute Gasteiger partial charge is 0.416 e. The Bertz CT molecular complexity index is 2350. The molecule has 2 saturated heterocycles. The van der Waals surface area contributed by atoms with Gasteiger partial charge in [0.25, 0.3) is 11.8 Å². The lowest BCUT2D eigenvalue weighted by molar-refractivity contribution is -0.143. The van der Waals surface area contributed by atoms with Crippen LogP contribution in [0.2, 0.25) is 10.0 Å². The van der Waals surface area contributed by atoms with Crippen LogP contribution >= 0.6 is 23.2 Å². The van der Waals surface area contributed by atoms with Crippen molar-refractivity contribution in [3.05, 3.63) is 140 Å². The summed E-state index contributed by atoms with van der Waals surface area (Å²) in [6.45, 7) is 4.79.